The topological polar surface area (TPSA) is 70.1 Å². The fourth-order valence-electron chi connectivity index (χ4n) is 3.12. The van der Waals surface area contributed by atoms with Gasteiger partial charge < -0.3 is 19.6 Å². The zero-order valence-electron chi connectivity index (χ0n) is 12.4. The highest BCUT2D eigenvalue weighted by Gasteiger charge is 2.43. The summed E-state index contributed by atoms with van der Waals surface area (Å²) in [6, 6.07) is -0.800. The van der Waals surface area contributed by atoms with Gasteiger partial charge in [-0.3, -0.25) is 0 Å². The van der Waals surface area contributed by atoms with Crippen molar-refractivity contribution in [2.45, 2.75) is 51.8 Å². The summed E-state index contributed by atoms with van der Waals surface area (Å²) in [6.07, 6.45) is 1.57. The van der Waals surface area contributed by atoms with Crippen molar-refractivity contribution in [3.63, 3.8) is 0 Å². The van der Waals surface area contributed by atoms with E-state index in [2.05, 4.69) is 0 Å². The van der Waals surface area contributed by atoms with Gasteiger partial charge in [-0.2, -0.15) is 0 Å². The number of hydrogen-bond donors (Lipinski definition) is 1. The van der Waals surface area contributed by atoms with E-state index in [1.165, 1.54) is 4.90 Å². The predicted octanol–water partition coefficient (Wildman–Crippen LogP) is 1.40. The van der Waals surface area contributed by atoms with E-state index in [1.807, 2.05) is 20.8 Å². The molecule has 2 amide bonds. The van der Waals surface area contributed by atoms with Gasteiger partial charge in [-0.1, -0.05) is 13.8 Å². The Balaban J connectivity index is 2.14. The van der Waals surface area contributed by atoms with Gasteiger partial charge in [-0.05, 0) is 25.7 Å². The van der Waals surface area contributed by atoms with Gasteiger partial charge >= 0.3 is 12.0 Å². The second-order valence-electron chi connectivity index (χ2n) is 5.88. The third-order valence-corrected chi connectivity index (χ3v) is 4.38. The molecule has 1 N–H and O–H groups in total. The van der Waals surface area contributed by atoms with Gasteiger partial charge in [0.2, 0.25) is 0 Å². The van der Waals surface area contributed by atoms with Crippen molar-refractivity contribution >= 4 is 12.0 Å². The van der Waals surface area contributed by atoms with Crippen LogP contribution in [0.25, 0.3) is 0 Å². The first-order valence-electron chi connectivity index (χ1n) is 7.37. The van der Waals surface area contributed by atoms with Crippen LogP contribution >= 0.6 is 0 Å². The second kappa shape index (κ2) is 5.99. The number of urea groups is 1. The number of morpholine rings is 1. The maximum absolute atomic E-state index is 12.7. The number of ether oxygens (including phenoxy) is 1. The van der Waals surface area contributed by atoms with Gasteiger partial charge in [-0.25, -0.2) is 9.59 Å². The average molecular weight is 284 g/mol. The summed E-state index contributed by atoms with van der Waals surface area (Å²) >= 11 is 0. The third kappa shape index (κ3) is 2.75. The van der Waals surface area contributed by atoms with Gasteiger partial charge in [0.05, 0.1) is 18.8 Å². The fraction of sp³-hybridized carbons (Fsp3) is 0.857. The van der Waals surface area contributed by atoms with Crippen molar-refractivity contribution in [1.82, 2.24) is 9.80 Å². The van der Waals surface area contributed by atoms with Crippen molar-refractivity contribution < 1.29 is 19.4 Å². The minimum atomic E-state index is -0.905. The van der Waals surface area contributed by atoms with Crippen LogP contribution in [0.2, 0.25) is 0 Å². The number of carboxylic acid groups (broad SMARTS) is 1. The Morgan fingerprint density at radius 1 is 1.30 bits per heavy atom. The largest absolute Gasteiger partial charge is 0.480 e. The molecule has 0 aromatic heterocycles. The quantitative estimate of drug-likeness (QED) is 0.832. The Bertz CT molecular complexity index is 387. The van der Waals surface area contributed by atoms with Crippen molar-refractivity contribution in [2.75, 3.05) is 19.7 Å². The van der Waals surface area contributed by atoms with Crippen LogP contribution in [0.15, 0.2) is 0 Å². The molecule has 0 bridgehead atoms. The number of carboxylic acids is 1. The molecule has 2 rings (SSSR count). The van der Waals surface area contributed by atoms with Crippen molar-refractivity contribution in [3.8, 4) is 0 Å². The number of aliphatic carboxylic acids is 1. The minimum absolute atomic E-state index is 0.00468. The summed E-state index contributed by atoms with van der Waals surface area (Å²) in [7, 11) is 0. The average Bonchev–Trinajstić information content (AvgIpc) is 2.79. The highest BCUT2D eigenvalue weighted by molar-refractivity contribution is 5.84. The van der Waals surface area contributed by atoms with Gasteiger partial charge in [0, 0.05) is 13.1 Å². The van der Waals surface area contributed by atoms with Crippen LogP contribution in [0, 0.1) is 5.92 Å². The Kier molecular flexibility index (Phi) is 4.52. The van der Waals surface area contributed by atoms with E-state index in [9.17, 15) is 14.7 Å². The normalized spacial score (nSPS) is 34.4. The first-order chi connectivity index (χ1) is 9.45. The summed E-state index contributed by atoms with van der Waals surface area (Å²) in [5.74, 6) is -0.896. The van der Waals surface area contributed by atoms with Gasteiger partial charge in [-0.15, -0.1) is 0 Å². The van der Waals surface area contributed by atoms with Crippen LogP contribution in [0.1, 0.15) is 33.6 Å². The molecule has 2 heterocycles. The summed E-state index contributed by atoms with van der Waals surface area (Å²) in [5, 5.41) is 9.34. The lowest BCUT2D eigenvalue weighted by Crippen LogP contribution is -2.57. The molecular formula is C14H24N2O4. The molecule has 6 nitrogen and oxygen atoms in total. The Hall–Kier alpha value is -1.30. The molecule has 2 aliphatic rings. The van der Waals surface area contributed by atoms with E-state index < -0.39 is 12.0 Å². The molecule has 0 radical (unpaired) electrons. The molecule has 2 aliphatic heterocycles. The third-order valence-electron chi connectivity index (χ3n) is 4.38. The highest BCUT2D eigenvalue weighted by atomic mass is 16.5. The minimum Gasteiger partial charge on any atom is -0.480 e. The lowest BCUT2D eigenvalue weighted by molar-refractivity contribution is -0.142. The van der Waals surface area contributed by atoms with Gasteiger partial charge in [0.25, 0.3) is 0 Å². The van der Waals surface area contributed by atoms with Crippen LogP contribution in [-0.4, -0.2) is 64.8 Å². The molecule has 0 saturated carbocycles. The molecule has 2 fully saturated rings. The van der Waals surface area contributed by atoms with Crippen LogP contribution in [-0.2, 0) is 9.53 Å². The maximum atomic E-state index is 12.7. The molecule has 4 atom stereocenters. The number of carbonyl (C=O) groups is 2. The summed E-state index contributed by atoms with van der Waals surface area (Å²) in [4.78, 5) is 27.4. The summed E-state index contributed by atoms with van der Waals surface area (Å²) in [5.41, 5.74) is 0. The molecule has 0 aromatic carbocycles. The maximum Gasteiger partial charge on any atom is 0.326 e. The Labute approximate surface area is 119 Å². The number of nitrogens with zero attached hydrogens (tertiary/aromatic N) is 2. The number of hydrogen-bond acceptors (Lipinski definition) is 3. The number of rotatable bonds is 2. The number of likely N-dealkylation sites (tertiary alicyclic amines) is 1. The van der Waals surface area contributed by atoms with Crippen molar-refractivity contribution in [1.29, 1.82) is 0 Å². The molecule has 6 heteroatoms. The number of carbonyl (C=O) groups excluding carboxylic acids is 1. The molecule has 2 saturated heterocycles. The molecule has 20 heavy (non-hydrogen) atoms. The van der Waals surface area contributed by atoms with E-state index in [-0.39, 0.29) is 24.1 Å². The Morgan fingerprint density at radius 3 is 2.60 bits per heavy atom. The first-order valence-corrected chi connectivity index (χ1v) is 7.37. The van der Waals surface area contributed by atoms with E-state index in [1.54, 1.807) is 4.90 Å². The highest BCUT2D eigenvalue weighted by Crippen LogP contribution is 2.27. The molecule has 0 aromatic rings. The van der Waals surface area contributed by atoms with Crippen molar-refractivity contribution in [3.05, 3.63) is 0 Å². The van der Waals surface area contributed by atoms with E-state index in [0.29, 0.717) is 19.7 Å². The summed E-state index contributed by atoms with van der Waals surface area (Å²) in [6.45, 7) is 7.45. The standard InChI is InChI=1S/C14H24N2O4/c1-4-11-8-20-10(3)7-16(11)14(19)15-6-5-9(2)12(15)13(17)18/h9-12H,4-8H2,1-3H3,(H,17,18). The first kappa shape index (κ1) is 15.1. The predicted molar refractivity (Wildman–Crippen MR) is 73.5 cm³/mol. The van der Waals surface area contributed by atoms with Crippen LogP contribution in [0.4, 0.5) is 4.79 Å². The monoisotopic (exact) mass is 284 g/mol. The van der Waals surface area contributed by atoms with Crippen LogP contribution < -0.4 is 0 Å². The molecular weight excluding hydrogens is 260 g/mol. The Morgan fingerprint density at radius 2 is 2.00 bits per heavy atom. The van der Waals surface area contributed by atoms with Crippen molar-refractivity contribution in [2.24, 2.45) is 5.92 Å². The van der Waals surface area contributed by atoms with E-state index in [4.69, 9.17) is 4.74 Å². The van der Waals surface area contributed by atoms with E-state index in [0.717, 1.165) is 12.8 Å². The van der Waals surface area contributed by atoms with Gasteiger partial charge in [0.1, 0.15) is 6.04 Å². The molecule has 0 spiro atoms. The van der Waals surface area contributed by atoms with E-state index >= 15 is 0 Å². The second-order valence-corrected chi connectivity index (χ2v) is 5.88. The SMILES string of the molecule is CCC1COC(C)CN1C(=O)N1CCC(C)C1C(=O)O. The zero-order valence-corrected chi connectivity index (χ0v) is 12.4. The molecule has 114 valence electrons. The van der Waals surface area contributed by atoms with Crippen LogP contribution in [0.3, 0.4) is 0 Å². The lowest BCUT2D eigenvalue weighted by Gasteiger charge is -2.41. The zero-order chi connectivity index (χ0) is 14.9. The van der Waals surface area contributed by atoms with Crippen LogP contribution in [0.5, 0.6) is 0 Å². The smallest absolute Gasteiger partial charge is 0.326 e. The lowest BCUT2D eigenvalue weighted by atomic mass is 10.0. The van der Waals surface area contributed by atoms with Gasteiger partial charge in [0.15, 0.2) is 0 Å². The molecule has 0 aliphatic carbocycles. The fourth-order valence-corrected chi connectivity index (χ4v) is 3.12. The number of amides is 2. The molecule has 4 unspecified atom stereocenters. The summed E-state index contributed by atoms with van der Waals surface area (Å²) < 4.78 is 5.59.